The van der Waals surface area contributed by atoms with Gasteiger partial charge in [0.25, 0.3) is 0 Å². The Morgan fingerprint density at radius 3 is 2.75 bits per heavy atom. The standard InChI is InChI=1S/C21H22ClN5O/c22-16-3-1-2-14(10-16)20-11-21(25-19-12-24-9-8-15(19)13-28)26-27(20)18-6-4-17(23)5-7-18/h1-3,8-13,17-18H,4-7,23H2,(H,25,26). The number of hydrogen-bond acceptors (Lipinski definition) is 5. The van der Waals surface area contributed by atoms with E-state index in [0.29, 0.717) is 22.1 Å². The number of nitrogens with zero attached hydrogens (tertiary/aromatic N) is 3. The van der Waals surface area contributed by atoms with Crippen LogP contribution in [0.3, 0.4) is 0 Å². The molecule has 1 fully saturated rings. The normalized spacial score (nSPS) is 19.4. The highest BCUT2D eigenvalue weighted by Crippen LogP contribution is 2.34. The molecular formula is C21H22ClN5O. The first-order chi connectivity index (χ1) is 13.6. The molecule has 2 aromatic heterocycles. The number of anilines is 2. The fourth-order valence-electron chi connectivity index (χ4n) is 3.69. The number of nitrogens with one attached hydrogen (secondary N) is 1. The van der Waals surface area contributed by atoms with Gasteiger partial charge in [-0.25, -0.2) is 0 Å². The van der Waals surface area contributed by atoms with Gasteiger partial charge >= 0.3 is 0 Å². The van der Waals surface area contributed by atoms with Crippen LogP contribution >= 0.6 is 11.6 Å². The molecule has 0 bridgehead atoms. The third-order valence-electron chi connectivity index (χ3n) is 5.19. The summed E-state index contributed by atoms with van der Waals surface area (Å²) in [5, 5.41) is 8.73. The van der Waals surface area contributed by atoms with Crippen LogP contribution in [0.15, 0.2) is 48.8 Å². The molecule has 0 radical (unpaired) electrons. The smallest absolute Gasteiger partial charge is 0.153 e. The zero-order valence-electron chi connectivity index (χ0n) is 15.4. The van der Waals surface area contributed by atoms with E-state index in [1.165, 1.54) is 0 Å². The van der Waals surface area contributed by atoms with Crippen molar-refractivity contribution in [2.24, 2.45) is 5.73 Å². The number of aldehydes is 1. The summed E-state index contributed by atoms with van der Waals surface area (Å²) in [5.74, 6) is 0.668. The Morgan fingerprint density at radius 2 is 2.00 bits per heavy atom. The van der Waals surface area contributed by atoms with E-state index in [2.05, 4.69) is 15.0 Å². The van der Waals surface area contributed by atoms with Crippen molar-refractivity contribution < 1.29 is 4.79 Å². The molecule has 1 aliphatic rings. The number of carbonyl (C=O) groups is 1. The lowest BCUT2D eigenvalue weighted by atomic mass is 9.91. The molecule has 1 aliphatic carbocycles. The van der Waals surface area contributed by atoms with Crippen LogP contribution in [0.1, 0.15) is 42.1 Å². The van der Waals surface area contributed by atoms with Crippen molar-refractivity contribution >= 4 is 29.4 Å². The van der Waals surface area contributed by atoms with E-state index in [-0.39, 0.29) is 12.1 Å². The number of benzene rings is 1. The van der Waals surface area contributed by atoms with Crippen LogP contribution in [0.2, 0.25) is 5.02 Å². The number of rotatable bonds is 5. The van der Waals surface area contributed by atoms with Gasteiger partial charge in [0, 0.05) is 34.5 Å². The third-order valence-corrected chi connectivity index (χ3v) is 5.42. The topological polar surface area (TPSA) is 85.8 Å². The van der Waals surface area contributed by atoms with Gasteiger partial charge in [0.2, 0.25) is 0 Å². The fraction of sp³-hybridized carbons (Fsp3) is 0.286. The second-order valence-corrected chi connectivity index (χ2v) is 7.58. The Hall–Kier alpha value is -2.70. The van der Waals surface area contributed by atoms with Crippen molar-refractivity contribution in [3.05, 3.63) is 59.4 Å². The van der Waals surface area contributed by atoms with Gasteiger partial charge < -0.3 is 11.1 Å². The predicted molar refractivity (Wildman–Crippen MR) is 111 cm³/mol. The number of nitrogens with two attached hydrogens (primary N) is 1. The van der Waals surface area contributed by atoms with Gasteiger partial charge in [-0.2, -0.15) is 5.10 Å². The van der Waals surface area contributed by atoms with E-state index in [9.17, 15) is 4.79 Å². The van der Waals surface area contributed by atoms with Crippen molar-refractivity contribution in [1.82, 2.24) is 14.8 Å². The largest absolute Gasteiger partial charge is 0.337 e. The highest BCUT2D eigenvalue weighted by molar-refractivity contribution is 6.30. The molecule has 1 aromatic carbocycles. The average molecular weight is 396 g/mol. The van der Waals surface area contributed by atoms with Crippen molar-refractivity contribution in [3.8, 4) is 11.3 Å². The first-order valence-electron chi connectivity index (χ1n) is 9.41. The molecule has 0 amide bonds. The highest BCUT2D eigenvalue weighted by atomic mass is 35.5. The van der Waals surface area contributed by atoms with Gasteiger partial charge in [0.15, 0.2) is 12.1 Å². The number of carbonyl (C=O) groups excluding carboxylic acids is 1. The van der Waals surface area contributed by atoms with Crippen molar-refractivity contribution in [2.75, 3.05) is 5.32 Å². The molecule has 0 saturated heterocycles. The van der Waals surface area contributed by atoms with E-state index < -0.39 is 0 Å². The van der Waals surface area contributed by atoms with Gasteiger partial charge in [-0.1, -0.05) is 23.7 Å². The molecule has 2 heterocycles. The maximum Gasteiger partial charge on any atom is 0.153 e. The van der Waals surface area contributed by atoms with E-state index in [0.717, 1.165) is 43.2 Å². The van der Waals surface area contributed by atoms with Crippen molar-refractivity contribution in [1.29, 1.82) is 0 Å². The molecule has 7 heteroatoms. The molecular weight excluding hydrogens is 374 g/mol. The number of pyridine rings is 1. The summed E-state index contributed by atoms with van der Waals surface area (Å²) in [4.78, 5) is 15.4. The van der Waals surface area contributed by atoms with Crippen LogP contribution in [0.25, 0.3) is 11.3 Å². The van der Waals surface area contributed by atoms with Crippen LogP contribution < -0.4 is 11.1 Å². The molecule has 28 heavy (non-hydrogen) atoms. The minimum Gasteiger partial charge on any atom is -0.337 e. The third kappa shape index (κ3) is 3.93. The number of hydrogen-bond donors (Lipinski definition) is 2. The highest BCUT2D eigenvalue weighted by Gasteiger charge is 2.24. The summed E-state index contributed by atoms with van der Waals surface area (Å²) in [6.07, 6.45) is 7.98. The molecule has 144 valence electrons. The van der Waals surface area contributed by atoms with E-state index in [4.69, 9.17) is 22.4 Å². The summed E-state index contributed by atoms with van der Waals surface area (Å²) in [6, 6.07) is 12.0. The van der Waals surface area contributed by atoms with Gasteiger partial charge in [-0.15, -0.1) is 0 Å². The molecule has 4 rings (SSSR count). The summed E-state index contributed by atoms with van der Waals surface area (Å²) in [7, 11) is 0. The summed E-state index contributed by atoms with van der Waals surface area (Å²) in [5.41, 5.74) is 9.25. The molecule has 1 saturated carbocycles. The van der Waals surface area contributed by atoms with Crippen molar-refractivity contribution in [2.45, 2.75) is 37.8 Å². The quantitative estimate of drug-likeness (QED) is 0.616. The summed E-state index contributed by atoms with van der Waals surface area (Å²) in [6.45, 7) is 0. The van der Waals surface area contributed by atoms with E-state index in [1.54, 1.807) is 18.5 Å². The fourth-order valence-corrected chi connectivity index (χ4v) is 3.88. The van der Waals surface area contributed by atoms with Crippen LogP contribution in [-0.4, -0.2) is 27.1 Å². The van der Waals surface area contributed by atoms with E-state index in [1.807, 2.05) is 30.3 Å². The lowest BCUT2D eigenvalue weighted by Crippen LogP contribution is -2.28. The first kappa shape index (κ1) is 18.7. The predicted octanol–water partition coefficient (Wildman–Crippen LogP) is 4.60. The lowest BCUT2D eigenvalue weighted by Gasteiger charge is -2.27. The summed E-state index contributed by atoms with van der Waals surface area (Å²) < 4.78 is 2.07. The molecule has 0 atom stereocenters. The van der Waals surface area contributed by atoms with Gasteiger partial charge in [0.1, 0.15) is 0 Å². The Kier molecular flexibility index (Phi) is 5.41. The van der Waals surface area contributed by atoms with Gasteiger partial charge in [-0.05, 0) is 43.9 Å². The molecule has 0 spiro atoms. The average Bonchev–Trinajstić information content (AvgIpc) is 3.13. The van der Waals surface area contributed by atoms with Gasteiger partial charge in [0.05, 0.1) is 23.6 Å². The zero-order valence-corrected chi connectivity index (χ0v) is 16.1. The number of aromatic nitrogens is 3. The lowest BCUT2D eigenvalue weighted by molar-refractivity contribution is 0.112. The Morgan fingerprint density at radius 1 is 1.18 bits per heavy atom. The molecule has 6 nitrogen and oxygen atoms in total. The Balaban J connectivity index is 1.72. The van der Waals surface area contributed by atoms with Crippen LogP contribution in [0.5, 0.6) is 0 Å². The van der Waals surface area contributed by atoms with Crippen LogP contribution in [0.4, 0.5) is 11.5 Å². The Bertz CT molecular complexity index is 978. The second-order valence-electron chi connectivity index (χ2n) is 7.14. The van der Waals surface area contributed by atoms with Crippen LogP contribution in [0, 0.1) is 0 Å². The monoisotopic (exact) mass is 395 g/mol. The zero-order chi connectivity index (χ0) is 19.5. The maximum absolute atomic E-state index is 11.3. The SMILES string of the molecule is NC1CCC(n2nc(Nc3cnccc3C=O)cc2-c2cccc(Cl)c2)CC1. The molecule has 0 unspecified atom stereocenters. The van der Waals surface area contributed by atoms with E-state index >= 15 is 0 Å². The molecule has 0 aliphatic heterocycles. The molecule has 3 aromatic rings. The number of halogens is 1. The second kappa shape index (κ2) is 8.12. The maximum atomic E-state index is 11.3. The summed E-state index contributed by atoms with van der Waals surface area (Å²) >= 11 is 6.22. The Labute approximate surface area is 168 Å². The first-order valence-corrected chi connectivity index (χ1v) is 9.79. The van der Waals surface area contributed by atoms with Crippen molar-refractivity contribution in [3.63, 3.8) is 0 Å². The van der Waals surface area contributed by atoms with Crippen LogP contribution in [-0.2, 0) is 0 Å². The molecule has 3 N–H and O–H groups in total. The van der Waals surface area contributed by atoms with Gasteiger partial charge in [-0.3, -0.25) is 14.5 Å². The minimum atomic E-state index is 0.268. The minimum absolute atomic E-state index is 0.268.